The Labute approximate surface area is 148 Å². The molecule has 0 amide bonds. The van der Waals surface area contributed by atoms with Crippen molar-refractivity contribution in [1.82, 2.24) is 0 Å². The van der Waals surface area contributed by atoms with Crippen molar-refractivity contribution in [2.24, 2.45) is 35.5 Å². The number of hydrogen-bond donors (Lipinski definition) is 0. The van der Waals surface area contributed by atoms with Crippen molar-refractivity contribution in [2.75, 3.05) is 7.11 Å². The first-order chi connectivity index (χ1) is 11.7. The standard InChI is InChI=1S/C22H36O2/c1-3-16-4-6-17(7-5-16)18-8-10-19(11-9-18)20-12-14-21(15-13-20)22(23)24-2/h3,16-21H,1,4-15H2,2H3. The van der Waals surface area contributed by atoms with Crippen LogP contribution in [0.1, 0.15) is 77.0 Å². The Morgan fingerprint density at radius 3 is 1.50 bits per heavy atom. The van der Waals surface area contributed by atoms with Gasteiger partial charge in [-0.1, -0.05) is 6.08 Å². The van der Waals surface area contributed by atoms with Gasteiger partial charge in [0, 0.05) is 0 Å². The molecule has 3 fully saturated rings. The normalized spacial score (nSPS) is 40.7. The third-order valence-electron chi connectivity index (χ3n) is 7.61. The van der Waals surface area contributed by atoms with E-state index >= 15 is 0 Å². The zero-order chi connectivity index (χ0) is 16.9. The lowest BCUT2D eigenvalue weighted by molar-refractivity contribution is -0.147. The van der Waals surface area contributed by atoms with Crippen molar-refractivity contribution < 1.29 is 9.53 Å². The van der Waals surface area contributed by atoms with Gasteiger partial charge in [-0.3, -0.25) is 4.79 Å². The molecular formula is C22H36O2. The van der Waals surface area contributed by atoms with Crippen LogP contribution in [0.25, 0.3) is 0 Å². The summed E-state index contributed by atoms with van der Waals surface area (Å²) in [6.45, 7) is 3.98. The molecule has 0 bridgehead atoms. The van der Waals surface area contributed by atoms with E-state index in [9.17, 15) is 4.79 Å². The Balaban J connectivity index is 1.40. The molecule has 0 spiro atoms. The highest BCUT2D eigenvalue weighted by molar-refractivity contribution is 5.72. The Bertz CT molecular complexity index is 406. The predicted octanol–water partition coefficient (Wildman–Crippen LogP) is 5.76. The van der Waals surface area contributed by atoms with E-state index in [0.29, 0.717) is 0 Å². The molecule has 2 heteroatoms. The summed E-state index contributed by atoms with van der Waals surface area (Å²) in [4.78, 5) is 11.7. The maximum absolute atomic E-state index is 11.7. The molecule has 0 heterocycles. The lowest BCUT2D eigenvalue weighted by atomic mass is 9.65. The van der Waals surface area contributed by atoms with Crippen LogP contribution in [0.5, 0.6) is 0 Å². The molecule has 3 saturated carbocycles. The van der Waals surface area contributed by atoms with Crippen molar-refractivity contribution in [1.29, 1.82) is 0 Å². The zero-order valence-corrected chi connectivity index (χ0v) is 15.6. The van der Waals surface area contributed by atoms with Gasteiger partial charge in [-0.05, 0) is 107 Å². The smallest absolute Gasteiger partial charge is 0.308 e. The fourth-order valence-electron chi connectivity index (χ4n) is 5.93. The Kier molecular flexibility index (Phi) is 6.41. The molecular weight excluding hydrogens is 296 g/mol. The molecule has 2 nitrogen and oxygen atoms in total. The maximum atomic E-state index is 11.7. The minimum atomic E-state index is 0.0206. The van der Waals surface area contributed by atoms with Gasteiger partial charge in [0.15, 0.2) is 0 Å². The van der Waals surface area contributed by atoms with Gasteiger partial charge in [0.2, 0.25) is 0 Å². The summed E-state index contributed by atoms with van der Waals surface area (Å²) in [7, 11) is 1.53. The van der Waals surface area contributed by atoms with Crippen LogP contribution in [-0.2, 0) is 9.53 Å². The largest absolute Gasteiger partial charge is 0.469 e. The number of allylic oxidation sites excluding steroid dienone is 1. The fraction of sp³-hybridized carbons (Fsp3) is 0.864. The van der Waals surface area contributed by atoms with E-state index in [0.717, 1.165) is 42.4 Å². The summed E-state index contributed by atoms with van der Waals surface area (Å²) >= 11 is 0. The fourth-order valence-corrected chi connectivity index (χ4v) is 5.93. The summed E-state index contributed by atoms with van der Waals surface area (Å²) in [6.07, 6.45) is 18.3. The second kappa shape index (κ2) is 8.54. The lowest BCUT2D eigenvalue weighted by Gasteiger charge is -2.41. The molecule has 0 N–H and O–H groups in total. The topological polar surface area (TPSA) is 26.3 Å². The predicted molar refractivity (Wildman–Crippen MR) is 98.6 cm³/mol. The average molecular weight is 333 g/mol. The summed E-state index contributed by atoms with van der Waals surface area (Å²) in [5.41, 5.74) is 0. The van der Waals surface area contributed by atoms with Gasteiger partial charge >= 0.3 is 5.97 Å². The molecule has 0 unspecified atom stereocenters. The number of rotatable bonds is 4. The molecule has 0 aromatic heterocycles. The van der Waals surface area contributed by atoms with E-state index < -0.39 is 0 Å². The Morgan fingerprint density at radius 1 is 0.750 bits per heavy atom. The molecule has 3 aliphatic carbocycles. The first-order valence-electron chi connectivity index (χ1n) is 10.4. The van der Waals surface area contributed by atoms with Crippen LogP contribution in [0.15, 0.2) is 12.7 Å². The first-order valence-corrected chi connectivity index (χ1v) is 10.4. The monoisotopic (exact) mass is 332 g/mol. The first kappa shape index (κ1) is 18.0. The van der Waals surface area contributed by atoms with Gasteiger partial charge in [-0.25, -0.2) is 0 Å². The zero-order valence-electron chi connectivity index (χ0n) is 15.6. The van der Waals surface area contributed by atoms with E-state index in [4.69, 9.17) is 4.74 Å². The van der Waals surface area contributed by atoms with E-state index in [1.165, 1.54) is 71.3 Å². The summed E-state index contributed by atoms with van der Waals surface area (Å²) < 4.78 is 4.92. The van der Waals surface area contributed by atoms with Crippen LogP contribution in [0, 0.1) is 35.5 Å². The van der Waals surface area contributed by atoms with E-state index in [1.807, 2.05) is 0 Å². The van der Waals surface area contributed by atoms with E-state index in [1.54, 1.807) is 0 Å². The SMILES string of the molecule is C=CC1CCC(C2CCC(C3CCC(C(=O)OC)CC3)CC2)CC1. The molecule has 0 aromatic rings. The molecule has 3 rings (SSSR count). The number of methoxy groups -OCH3 is 1. The van der Waals surface area contributed by atoms with Crippen LogP contribution in [0.3, 0.4) is 0 Å². The number of ether oxygens (including phenoxy) is 1. The Hall–Kier alpha value is -0.790. The summed E-state index contributed by atoms with van der Waals surface area (Å²) in [5.74, 6) is 4.81. The van der Waals surface area contributed by atoms with Crippen molar-refractivity contribution in [3.8, 4) is 0 Å². The van der Waals surface area contributed by atoms with Crippen LogP contribution < -0.4 is 0 Å². The molecule has 24 heavy (non-hydrogen) atoms. The number of hydrogen-bond acceptors (Lipinski definition) is 2. The molecule has 0 aromatic carbocycles. The lowest BCUT2D eigenvalue weighted by Crippen LogP contribution is -2.31. The molecule has 3 aliphatic rings. The van der Waals surface area contributed by atoms with Crippen molar-refractivity contribution in [2.45, 2.75) is 77.0 Å². The minimum absolute atomic E-state index is 0.0206. The highest BCUT2D eigenvalue weighted by Gasteiger charge is 2.35. The molecule has 136 valence electrons. The molecule has 0 atom stereocenters. The van der Waals surface area contributed by atoms with E-state index in [-0.39, 0.29) is 11.9 Å². The van der Waals surface area contributed by atoms with Gasteiger partial charge in [0.05, 0.1) is 13.0 Å². The number of carbonyl (C=O) groups excluding carboxylic acids is 1. The highest BCUT2D eigenvalue weighted by atomic mass is 16.5. The second-order valence-electron chi connectivity index (χ2n) is 8.72. The van der Waals surface area contributed by atoms with Gasteiger partial charge in [-0.15, -0.1) is 6.58 Å². The highest BCUT2D eigenvalue weighted by Crippen LogP contribution is 2.46. The summed E-state index contributed by atoms with van der Waals surface area (Å²) in [5, 5.41) is 0. The van der Waals surface area contributed by atoms with Crippen LogP contribution in [-0.4, -0.2) is 13.1 Å². The van der Waals surface area contributed by atoms with Crippen LogP contribution in [0.4, 0.5) is 0 Å². The molecule has 0 saturated heterocycles. The number of carbonyl (C=O) groups is 1. The van der Waals surface area contributed by atoms with Gasteiger partial charge in [-0.2, -0.15) is 0 Å². The van der Waals surface area contributed by atoms with Crippen molar-refractivity contribution >= 4 is 5.97 Å². The average Bonchev–Trinajstić information content (AvgIpc) is 2.68. The van der Waals surface area contributed by atoms with Crippen LogP contribution in [0.2, 0.25) is 0 Å². The second-order valence-corrected chi connectivity index (χ2v) is 8.72. The van der Waals surface area contributed by atoms with E-state index in [2.05, 4.69) is 12.7 Å². The van der Waals surface area contributed by atoms with Crippen LogP contribution >= 0.6 is 0 Å². The van der Waals surface area contributed by atoms with Crippen molar-refractivity contribution in [3.63, 3.8) is 0 Å². The van der Waals surface area contributed by atoms with Crippen molar-refractivity contribution in [3.05, 3.63) is 12.7 Å². The van der Waals surface area contributed by atoms with Gasteiger partial charge in [0.1, 0.15) is 0 Å². The van der Waals surface area contributed by atoms with Gasteiger partial charge in [0.25, 0.3) is 0 Å². The third kappa shape index (κ3) is 4.24. The Morgan fingerprint density at radius 2 is 1.12 bits per heavy atom. The molecule has 0 radical (unpaired) electrons. The quantitative estimate of drug-likeness (QED) is 0.483. The number of esters is 1. The molecule has 0 aliphatic heterocycles. The van der Waals surface area contributed by atoms with Gasteiger partial charge < -0.3 is 4.74 Å². The summed E-state index contributed by atoms with van der Waals surface area (Å²) in [6, 6.07) is 0. The third-order valence-corrected chi connectivity index (χ3v) is 7.61. The minimum Gasteiger partial charge on any atom is -0.469 e. The maximum Gasteiger partial charge on any atom is 0.308 e.